The first kappa shape index (κ1) is 24.9. The number of aryl methyl sites for hydroxylation is 2. The molecule has 2 heterocycles. The molecule has 0 amide bonds. The minimum Gasteiger partial charge on any atom is -0.450 e. The molecule has 1 aromatic heterocycles. The van der Waals surface area contributed by atoms with Crippen LogP contribution in [0.4, 0.5) is 0 Å². The molecule has 1 aliphatic rings. The molecule has 3 heteroatoms. The summed E-state index contributed by atoms with van der Waals surface area (Å²) in [5.41, 5.74) is 7.98. The molecule has 0 saturated carbocycles. The van der Waals surface area contributed by atoms with Crippen molar-refractivity contribution in [3.8, 4) is 22.8 Å². The average molecular weight is 517 g/mol. The molecule has 0 atom stereocenters. The molecular weight excluding hydrogens is 478 g/mol. The summed E-state index contributed by atoms with van der Waals surface area (Å²) in [6.45, 7) is 16.4. The SMILES string of the molecule is Cc1cc2cc(CC(C)(C)C)cc3c2c(c1C)-c1c(c([Si](C)(C)c2ccccc2)c2ccccc2[n+]1C)O3. The molecule has 5 aromatic rings. The topological polar surface area (TPSA) is 13.1 Å². The molecule has 38 heavy (non-hydrogen) atoms. The number of nitrogens with zero attached hydrogens (tertiary/aromatic N) is 1. The summed E-state index contributed by atoms with van der Waals surface area (Å²) < 4.78 is 9.51. The number of aromatic nitrogens is 1. The van der Waals surface area contributed by atoms with Crippen LogP contribution in [0.25, 0.3) is 32.9 Å². The normalized spacial score (nSPS) is 13.1. The van der Waals surface area contributed by atoms with Crippen molar-refractivity contribution in [1.82, 2.24) is 0 Å². The second kappa shape index (κ2) is 8.54. The third-order valence-corrected chi connectivity index (χ3v) is 11.9. The van der Waals surface area contributed by atoms with E-state index in [1.165, 1.54) is 60.0 Å². The third kappa shape index (κ3) is 3.79. The lowest BCUT2D eigenvalue weighted by Crippen LogP contribution is -2.55. The number of benzene rings is 4. The van der Waals surface area contributed by atoms with Gasteiger partial charge in [-0.15, -0.1) is 0 Å². The van der Waals surface area contributed by atoms with E-state index in [1.807, 2.05) is 0 Å². The van der Waals surface area contributed by atoms with Crippen LogP contribution >= 0.6 is 0 Å². The standard InChI is InChI=1S/C35H38NOSi/c1-22-18-25-19-24(21-35(3,4)5)20-29-31(25)30(23(22)2)32-33(37-29)34(27-16-12-13-17-28(27)36(32)6)38(7,8)26-14-10-9-11-15-26/h9-20H,21H2,1-8H3/q+1. The van der Waals surface area contributed by atoms with Crippen molar-refractivity contribution < 1.29 is 9.30 Å². The van der Waals surface area contributed by atoms with Gasteiger partial charge < -0.3 is 4.74 Å². The second-order valence-corrected chi connectivity index (χ2v) is 17.2. The summed E-state index contributed by atoms with van der Waals surface area (Å²) in [5.74, 6) is 2.05. The van der Waals surface area contributed by atoms with Crippen LogP contribution in [0.1, 0.15) is 37.5 Å². The van der Waals surface area contributed by atoms with Crippen LogP contribution in [-0.2, 0) is 13.5 Å². The van der Waals surface area contributed by atoms with Gasteiger partial charge in [-0.05, 0) is 59.9 Å². The Labute approximate surface area is 227 Å². The van der Waals surface area contributed by atoms with E-state index < -0.39 is 8.07 Å². The van der Waals surface area contributed by atoms with E-state index in [4.69, 9.17) is 4.74 Å². The summed E-state index contributed by atoms with van der Waals surface area (Å²) in [6.07, 6.45) is 1.01. The third-order valence-electron chi connectivity index (χ3n) is 8.40. The van der Waals surface area contributed by atoms with Gasteiger partial charge in [-0.2, -0.15) is 4.57 Å². The Morgan fingerprint density at radius 1 is 0.868 bits per heavy atom. The highest BCUT2D eigenvalue weighted by Gasteiger charge is 2.41. The van der Waals surface area contributed by atoms with Gasteiger partial charge in [0.25, 0.3) is 5.69 Å². The van der Waals surface area contributed by atoms with Crippen LogP contribution in [0, 0.1) is 19.3 Å². The minimum atomic E-state index is -2.15. The van der Waals surface area contributed by atoms with Crippen LogP contribution in [0.15, 0.2) is 72.8 Å². The molecular formula is C35H38NOSi+. The first-order chi connectivity index (χ1) is 18.0. The Morgan fingerprint density at radius 3 is 2.26 bits per heavy atom. The largest absolute Gasteiger partial charge is 0.450 e. The zero-order valence-corrected chi connectivity index (χ0v) is 25.0. The van der Waals surface area contributed by atoms with Gasteiger partial charge in [0.2, 0.25) is 5.52 Å². The monoisotopic (exact) mass is 516 g/mol. The van der Waals surface area contributed by atoms with Gasteiger partial charge in [0.05, 0.1) is 5.56 Å². The smallest absolute Gasteiger partial charge is 0.256 e. The molecule has 1 aliphatic heterocycles. The lowest BCUT2D eigenvalue weighted by molar-refractivity contribution is -0.633. The van der Waals surface area contributed by atoms with E-state index in [9.17, 15) is 0 Å². The van der Waals surface area contributed by atoms with Crippen LogP contribution in [0.2, 0.25) is 13.1 Å². The maximum absolute atomic E-state index is 7.14. The van der Waals surface area contributed by atoms with Crippen molar-refractivity contribution >= 4 is 40.1 Å². The first-order valence-corrected chi connectivity index (χ1v) is 16.7. The van der Waals surface area contributed by atoms with Gasteiger partial charge in [0.15, 0.2) is 5.75 Å². The van der Waals surface area contributed by atoms with E-state index in [2.05, 4.69) is 132 Å². The molecule has 4 aromatic carbocycles. The Balaban J connectivity index is 1.77. The molecule has 0 saturated heterocycles. The average Bonchev–Trinajstić information content (AvgIpc) is 2.86. The number of para-hydroxylation sites is 1. The van der Waals surface area contributed by atoms with Crippen LogP contribution in [0.3, 0.4) is 0 Å². The molecule has 0 radical (unpaired) electrons. The van der Waals surface area contributed by atoms with Crippen molar-refractivity contribution in [3.63, 3.8) is 0 Å². The van der Waals surface area contributed by atoms with Gasteiger partial charge in [0, 0.05) is 22.0 Å². The van der Waals surface area contributed by atoms with Crippen molar-refractivity contribution in [2.24, 2.45) is 12.5 Å². The second-order valence-electron chi connectivity index (χ2n) is 12.8. The number of hydrogen-bond acceptors (Lipinski definition) is 1. The summed E-state index contributed by atoms with van der Waals surface area (Å²) >= 11 is 0. The molecule has 0 N–H and O–H groups in total. The highest BCUT2D eigenvalue weighted by Crippen LogP contribution is 2.48. The summed E-state index contributed by atoms with van der Waals surface area (Å²) in [6, 6.07) is 27.0. The Morgan fingerprint density at radius 2 is 1.55 bits per heavy atom. The van der Waals surface area contributed by atoms with Crippen molar-refractivity contribution in [2.75, 3.05) is 0 Å². The van der Waals surface area contributed by atoms with Gasteiger partial charge in [-0.1, -0.05) is 93.6 Å². The van der Waals surface area contributed by atoms with Crippen LogP contribution in [0.5, 0.6) is 11.5 Å². The number of pyridine rings is 1. The van der Waals surface area contributed by atoms with Crippen molar-refractivity contribution in [3.05, 3.63) is 89.5 Å². The summed E-state index contributed by atoms with van der Waals surface area (Å²) in [4.78, 5) is 0. The predicted molar refractivity (Wildman–Crippen MR) is 164 cm³/mol. The summed E-state index contributed by atoms with van der Waals surface area (Å²) in [5, 5.41) is 6.62. The zero-order chi connectivity index (χ0) is 27.0. The lowest BCUT2D eigenvalue weighted by atomic mass is 9.85. The highest BCUT2D eigenvalue weighted by molar-refractivity contribution is 7.02. The van der Waals surface area contributed by atoms with E-state index in [0.29, 0.717) is 0 Å². The number of rotatable bonds is 3. The molecule has 0 spiro atoms. The minimum absolute atomic E-state index is 0.200. The van der Waals surface area contributed by atoms with Crippen molar-refractivity contribution in [2.45, 2.75) is 54.1 Å². The molecule has 0 unspecified atom stereocenters. The lowest BCUT2D eigenvalue weighted by Gasteiger charge is -2.31. The number of fused-ring (bicyclic) bond motifs is 3. The van der Waals surface area contributed by atoms with Crippen LogP contribution in [-0.4, -0.2) is 8.07 Å². The fourth-order valence-corrected chi connectivity index (χ4v) is 9.43. The Kier molecular flexibility index (Phi) is 5.59. The number of hydrogen-bond donors (Lipinski definition) is 0. The zero-order valence-electron chi connectivity index (χ0n) is 24.0. The molecule has 0 fully saturated rings. The maximum Gasteiger partial charge on any atom is 0.256 e. The number of ether oxygens (including phenoxy) is 1. The Bertz CT molecular complexity index is 1740. The molecule has 192 valence electrons. The maximum atomic E-state index is 7.14. The van der Waals surface area contributed by atoms with E-state index >= 15 is 0 Å². The molecule has 0 aliphatic carbocycles. The van der Waals surface area contributed by atoms with E-state index in [1.54, 1.807) is 0 Å². The summed E-state index contributed by atoms with van der Waals surface area (Å²) in [7, 11) is 0.0586. The van der Waals surface area contributed by atoms with Gasteiger partial charge in [-0.25, -0.2) is 0 Å². The highest BCUT2D eigenvalue weighted by atomic mass is 28.3. The Hall–Kier alpha value is -3.43. The fraction of sp³-hybridized carbons (Fsp3) is 0.286. The van der Waals surface area contributed by atoms with Gasteiger partial charge >= 0.3 is 0 Å². The van der Waals surface area contributed by atoms with Crippen molar-refractivity contribution in [1.29, 1.82) is 0 Å². The van der Waals surface area contributed by atoms with Gasteiger partial charge in [-0.3, -0.25) is 0 Å². The quantitative estimate of drug-likeness (QED) is 0.174. The molecule has 2 nitrogen and oxygen atoms in total. The van der Waals surface area contributed by atoms with Gasteiger partial charge in [0.1, 0.15) is 20.9 Å². The molecule has 0 bridgehead atoms. The van der Waals surface area contributed by atoms with Crippen LogP contribution < -0.4 is 19.7 Å². The van der Waals surface area contributed by atoms with E-state index in [-0.39, 0.29) is 5.41 Å². The molecule has 6 rings (SSSR count). The van der Waals surface area contributed by atoms with E-state index in [0.717, 1.165) is 17.9 Å². The first-order valence-electron chi connectivity index (χ1n) is 13.7. The fourth-order valence-electron chi connectivity index (χ4n) is 6.50. The predicted octanol–water partition coefficient (Wildman–Crippen LogP) is 7.62.